The van der Waals surface area contributed by atoms with Gasteiger partial charge < -0.3 is 33.2 Å². The van der Waals surface area contributed by atoms with E-state index in [1.54, 1.807) is 7.11 Å². The highest BCUT2D eigenvalue weighted by Gasteiger charge is 2.62. The Labute approximate surface area is 200 Å². The van der Waals surface area contributed by atoms with E-state index >= 15 is 0 Å². The van der Waals surface area contributed by atoms with Gasteiger partial charge in [0.05, 0.1) is 19.8 Å². The Balaban J connectivity index is 1.72. The van der Waals surface area contributed by atoms with Gasteiger partial charge in [-0.05, 0) is 25.1 Å². The molecule has 9 heteroatoms. The molecule has 1 unspecified atom stereocenters. The molecule has 0 amide bonds. The van der Waals surface area contributed by atoms with Crippen molar-refractivity contribution in [3.8, 4) is 5.75 Å². The van der Waals surface area contributed by atoms with Gasteiger partial charge >= 0.3 is 0 Å². The highest BCUT2D eigenvalue weighted by molar-refractivity contribution is 14.1. The molecule has 2 aliphatic rings. The van der Waals surface area contributed by atoms with Gasteiger partial charge in [0, 0.05) is 31.3 Å². The summed E-state index contributed by atoms with van der Waals surface area (Å²) in [5, 5.41) is 0. The highest BCUT2D eigenvalue weighted by atomic mass is 127. The molecule has 3 rings (SSSR count). The van der Waals surface area contributed by atoms with Gasteiger partial charge in [-0.15, -0.1) is 0 Å². The molecule has 1 aromatic carbocycles. The number of rotatable bonds is 11. The summed E-state index contributed by atoms with van der Waals surface area (Å²) < 4.78 is 42.8. The fourth-order valence-electron chi connectivity index (χ4n) is 3.69. The van der Waals surface area contributed by atoms with Crippen LogP contribution < -0.4 is 4.74 Å². The molecule has 5 atom stereocenters. The van der Waals surface area contributed by atoms with Gasteiger partial charge in [-0.3, -0.25) is 0 Å². The number of methoxy groups -OCH3 is 1. The van der Waals surface area contributed by atoms with Crippen LogP contribution in [0.15, 0.2) is 24.3 Å². The average molecular weight is 567 g/mol. The zero-order chi connectivity index (χ0) is 22.5. The van der Waals surface area contributed by atoms with Crippen molar-refractivity contribution in [2.24, 2.45) is 0 Å². The van der Waals surface area contributed by atoms with E-state index in [2.05, 4.69) is 42.2 Å². The topological polar surface area (TPSA) is 64.6 Å². The van der Waals surface area contributed by atoms with E-state index < -0.39 is 26.3 Å². The first-order chi connectivity index (χ1) is 14.8. The third-order valence-corrected chi connectivity index (χ3v) is 8.08. The fraction of sp³-hybridized carbons (Fsp3) is 0.727. The van der Waals surface area contributed by atoms with Crippen molar-refractivity contribution >= 4 is 30.7 Å². The normalized spacial score (nSPS) is 30.9. The van der Waals surface area contributed by atoms with Gasteiger partial charge in [-0.25, -0.2) is 0 Å². The quantitative estimate of drug-likeness (QED) is 0.130. The summed E-state index contributed by atoms with van der Waals surface area (Å²) >= 11 is 2.31. The van der Waals surface area contributed by atoms with Crippen LogP contribution in [0.5, 0.6) is 5.75 Å². The second-order valence-corrected chi connectivity index (χ2v) is 15.5. The number of ether oxygens (including phenoxy) is 7. The van der Waals surface area contributed by atoms with Crippen LogP contribution >= 0.6 is 22.6 Å². The number of alkyl halides is 1. The second kappa shape index (κ2) is 11.2. The fourth-order valence-corrected chi connectivity index (χ4v) is 5.12. The molecule has 0 N–H and O–H groups in total. The number of halogens is 1. The largest absolute Gasteiger partial charge is 0.497 e. The third kappa shape index (κ3) is 6.20. The lowest BCUT2D eigenvalue weighted by Gasteiger charge is -2.43. The molecule has 0 spiro atoms. The minimum absolute atomic E-state index is 0.155. The van der Waals surface area contributed by atoms with Crippen LogP contribution in [0.3, 0.4) is 0 Å². The molecule has 7 nitrogen and oxygen atoms in total. The minimum Gasteiger partial charge on any atom is -0.497 e. The lowest BCUT2D eigenvalue weighted by Crippen LogP contribution is -2.59. The lowest BCUT2D eigenvalue weighted by molar-refractivity contribution is -0.333. The Bertz CT molecular complexity index is 683. The van der Waals surface area contributed by atoms with Crippen molar-refractivity contribution in [1.29, 1.82) is 0 Å². The average Bonchev–Trinajstić information content (AvgIpc) is 3.06. The zero-order valence-corrected chi connectivity index (χ0v) is 22.3. The van der Waals surface area contributed by atoms with Gasteiger partial charge in [0.15, 0.2) is 18.2 Å². The maximum Gasteiger partial charge on any atom is 0.192 e. The molecule has 0 saturated carbocycles. The van der Waals surface area contributed by atoms with Crippen molar-refractivity contribution in [2.45, 2.75) is 63.0 Å². The van der Waals surface area contributed by atoms with Gasteiger partial charge in [0.25, 0.3) is 0 Å². The molecule has 2 saturated heterocycles. The van der Waals surface area contributed by atoms with Crippen LogP contribution in [-0.4, -0.2) is 70.3 Å². The van der Waals surface area contributed by atoms with Crippen LogP contribution in [0, 0.1) is 0 Å². The smallest absolute Gasteiger partial charge is 0.192 e. The lowest BCUT2D eigenvalue weighted by atomic mass is 9.94. The molecule has 176 valence electrons. The van der Waals surface area contributed by atoms with Crippen LogP contribution in [0.2, 0.25) is 25.7 Å². The van der Waals surface area contributed by atoms with E-state index in [1.807, 2.05) is 31.2 Å². The molecule has 31 heavy (non-hydrogen) atoms. The molecule has 2 fully saturated rings. The maximum atomic E-state index is 6.42. The predicted molar refractivity (Wildman–Crippen MR) is 129 cm³/mol. The third-order valence-electron chi connectivity index (χ3n) is 5.51. The number of hydrogen-bond acceptors (Lipinski definition) is 7. The summed E-state index contributed by atoms with van der Waals surface area (Å²) in [5.74, 6) is 0.790. The van der Waals surface area contributed by atoms with Gasteiger partial charge in [-0.1, -0.05) is 54.4 Å². The van der Waals surface area contributed by atoms with E-state index in [-0.39, 0.29) is 19.0 Å². The van der Waals surface area contributed by atoms with Crippen LogP contribution in [0.4, 0.5) is 0 Å². The summed E-state index contributed by atoms with van der Waals surface area (Å²) in [5.41, 5.74) is 0.0569. The maximum absolute atomic E-state index is 6.42. The minimum atomic E-state index is -1.16. The monoisotopic (exact) mass is 566 g/mol. The van der Waals surface area contributed by atoms with E-state index in [1.165, 1.54) is 0 Å². The van der Waals surface area contributed by atoms with E-state index in [4.69, 9.17) is 33.2 Å². The van der Waals surface area contributed by atoms with Gasteiger partial charge in [0.1, 0.15) is 18.6 Å². The SMILES string of the molecule is CCOC1O[C@H](CI)[C@H]2O[C@@H](c3ccc(OC)cc3)OC[C@@]12OCOCC[Si](C)(C)C. The molecule has 0 radical (unpaired) electrons. The summed E-state index contributed by atoms with van der Waals surface area (Å²) in [6, 6.07) is 8.78. The first-order valence-electron chi connectivity index (χ1n) is 10.8. The summed E-state index contributed by atoms with van der Waals surface area (Å²) in [4.78, 5) is 0. The van der Waals surface area contributed by atoms with Crippen molar-refractivity contribution in [3.63, 3.8) is 0 Å². The standard InChI is InChI=1S/C22H35IO7Si/c1-6-26-21-22(28-15-25-11-12-31(3,4)5)14-27-20(30-19(22)18(13-23)29-21)16-7-9-17(24-2)10-8-16/h7-10,18-21H,6,11-15H2,1-5H3/t18-,19-,20+,21?,22+/m1/s1. The Morgan fingerprint density at radius 1 is 1.16 bits per heavy atom. The number of hydrogen-bond donors (Lipinski definition) is 0. The van der Waals surface area contributed by atoms with E-state index in [0.717, 1.165) is 21.8 Å². The zero-order valence-electron chi connectivity index (χ0n) is 19.1. The molecule has 0 bridgehead atoms. The highest BCUT2D eigenvalue weighted by Crippen LogP contribution is 2.45. The van der Waals surface area contributed by atoms with Crippen molar-refractivity contribution in [2.75, 3.05) is 38.2 Å². The molecular weight excluding hydrogens is 531 g/mol. The Morgan fingerprint density at radius 3 is 2.52 bits per heavy atom. The second-order valence-electron chi connectivity index (χ2n) is 9.02. The van der Waals surface area contributed by atoms with Crippen LogP contribution in [0.1, 0.15) is 18.8 Å². The Kier molecular flexibility index (Phi) is 9.19. The number of benzene rings is 1. The van der Waals surface area contributed by atoms with Gasteiger partial charge in [-0.2, -0.15) is 0 Å². The van der Waals surface area contributed by atoms with Gasteiger partial charge in [0.2, 0.25) is 0 Å². The predicted octanol–water partition coefficient (Wildman–Crippen LogP) is 4.37. The van der Waals surface area contributed by atoms with E-state index in [0.29, 0.717) is 19.8 Å². The molecule has 2 heterocycles. The molecule has 2 aliphatic heterocycles. The molecule has 0 aromatic heterocycles. The van der Waals surface area contributed by atoms with Crippen molar-refractivity contribution in [3.05, 3.63) is 29.8 Å². The Hall–Kier alpha value is -0.273. The summed E-state index contributed by atoms with van der Waals surface area (Å²) in [7, 11) is 0.487. The number of fused-ring (bicyclic) bond motifs is 1. The van der Waals surface area contributed by atoms with Crippen molar-refractivity contribution in [1.82, 2.24) is 0 Å². The van der Waals surface area contributed by atoms with E-state index in [9.17, 15) is 0 Å². The van der Waals surface area contributed by atoms with Crippen LogP contribution in [-0.2, 0) is 28.4 Å². The first kappa shape index (κ1) is 25.4. The Morgan fingerprint density at radius 2 is 1.90 bits per heavy atom. The van der Waals surface area contributed by atoms with Crippen LogP contribution in [0.25, 0.3) is 0 Å². The molecule has 1 aromatic rings. The molecule has 0 aliphatic carbocycles. The molecular formula is C22H35IO7Si. The summed E-state index contributed by atoms with van der Waals surface area (Å²) in [6.45, 7) is 10.6. The summed E-state index contributed by atoms with van der Waals surface area (Å²) in [6.07, 6.45) is -1.57. The van der Waals surface area contributed by atoms with Crippen molar-refractivity contribution < 1.29 is 33.2 Å². The first-order valence-corrected chi connectivity index (χ1v) is 16.0.